The Morgan fingerprint density at radius 1 is 1.41 bits per heavy atom. The van der Waals surface area contributed by atoms with Gasteiger partial charge in [0.2, 0.25) is 0 Å². The molecule has 1 rings (SSSR count). The van der Waals surface area contributed by atoms with Gasteiger partial charge in [0, 0.05) is 45.0 Å². The van der Waals surface area contributed by atoms with Gasteiger partial charge >= 0.3 is 5.69 Å². The lowest BCUT2D eigenvalue weighted by Crippen LogP contribution is -2.40. The number of nitrogens with one attached hydrogen (secondary N) is 1. The molecule has 0 fully saturated rings. The number of hydrogen-bond donors (Lipinski definition) is 2. The van der Waals surface area contributed by atoms with Gasteiger partial charge in [-0.05, 0) is 13.3 Å². The van der Waals surface area contributed by atoms with Crippen LogP contribution >= 0.6 is 0 Å². The molecule has 0 saturated carbocycles. The molecule has 1 atom stereocenters. The molecule has 0 amide bonds. The molecule has 0 radical (unpaired) electrons. The second-order valence-corrected chi connectivity index (χ2v) is 4.21. The minimum atomic E-state index is -0.331. The van der Waals surface area contributed by atoms with E-state index in [1.807, 2.05) is 6.92 Å². The summed E-state index contributed by atoms with van der Waals surface area (Å²) < 4.78 is 2.48. The van der Waals surface area contributed by atoms with Gasteiger partial charge in [0.05, 0.1) is 0 Å². The maximum absolute atomic E-state index is 11.8. The summed E-state index contributed by atoms with van der Waals surface area (Å²) in [5.41, 5.74) is -0.0710. The van der Waals surface area contributed by atoms with Crippen LogP contribution in [0.15, 0.2) is 15.8 Å². The van der Waals surface area contributed by atoms with Gasteiger partial charge in [-0.15, -0.1) is 0 Å². The second kappa shape index (κ2) is 5.79. The molecular weight excluding hydrogens is 222 g/mol. The smallest absolute Gasteiger partial charge is 0.330 e. The summed E-state index contributed by atoms with van der Waals surface area (Å²) in [4.78, 5) is 23.2. The van der Waals surface area contributed by atoms with E-state index < -0.39 is 0 Å². The SMILES string of the molecule is CC(CCO)NCc1cn(C)c(=O)n(C)c1=O. The predicted octanol–water partition coefficient (Wildman–Crippen LogP) is -1.06. The molecule has 6 heteroatoms. The van der Waals surface area contributed by atoms with Crippen LogP contribution in [-0.4, -0.2) is 26.9 Å². The highest BCUT2D eigenvalue weighted by Gasteiger charge is 2.07. The Balaban J connectivity index is 2.86. The molecule has 6 nitrogen and oxygen atoms in total. The van der Waals surface area contributed by atoms with Gasteiger partial charge in [0.15, 0.2) is 0 Å². The Kier molecular flexibility index (Phi) is 4.65. The molecule has 0 aliphatic heterocycles. The van der Waals surface area contributed by atoms with Crippen LogP contribution in [0.4, 0.5) is 0 Å². The van der Waals surface area contributed by atoms with E-state index >= 15 is 0 Å². The number of nitrogens with zero attached hydrogens (tertiary/aromatic N) is 2. The van der Waals surface area contributed by atoms with Crippen molar-refractivity contribution in [2.24, 2.45) is 14.1 Å². The van der Waals surface area contributed by atoms with E-state index in [1.54, 1.807) is 13.2 Å². The van der Waals surface area contributed by atoms with Crippen LogP contribution in [0.2, 0.25) is 0 Å². The fourth-order valence-electron chi connectivity index (χ4n) is 1.58. The standard InChI is InChI=1S/C11H19N3O3/c1-8(4-5-15)12-6-9-7-13(2)11(17)14(3)10(9)16/h7-8,12,15H,4-6H2,1-3H3. The third-order valence-electron chi connectivity index (χ3n) is 2.72. The van der Waals surface area contributed by atoms with Gasteiger partial charge < -0.3 is 15.0 Å². The van der Waals surface area contributed by atoms with Gasteiger partial charge in [0.1, 0.15) is 0 Å². The predicted molar refractivity (Wildman–Crippen MR) is 64.9 cm³/mol. The molecule has 0 aliphatic carbocycles. The topological polar surface area (TPSA) is 76.3 Å². The molecule has 0 aromatic carbocycles. The zero-order chi connectivity index (χ0) is 13.0. The van der Waals surface area contributed by atoms with Gasteiger partial charge in [0.25, 0.3) is 5.56 Å². The number of hydrogen-bond acceptors (Lipinski definition) is 4. The second-order valence-electron chi connectivity index (χ2n) is 4.21. The lowest BCUT2D eigenvalue weighted by molar-refractivity contribution is 0.268. The van der Waals surface area contributed by atoms with Crippen LogP contribution in [0.5, 0.6) is 0 Å². The monoisotopic (exact) mass is 241 g/mol. The highest BCUT2D eigenvalue weighted by Crippen LogP contribution is 1.93. The Morgan fingerprint density at radius 2 is 2.06 bits per heavy atom. The lowest BCUT2D eigenvalue weighted by Gasteiger charge is -2.13. The maximum Gasteiger partial charge on any atom is 0.330 e. The molecule has 0 bridgehead atoms. The van der Waals surface area contributed by atoms with Crippen molar-refractivity contribution in [3.05, 3.63) is 32.6 Å². The van der Waals surface area contributed by atoms with Crippen molar-refractivity contribution < 1.29 is 5.11 Å². The average molecular weight is 241 g/mol. The normalized spacial score (nSPS) is 12.7. The summed E-state index contributed by atoms with van der Waals surface area (Å²) in [6, 6.07) is 0.127. The van der Waals surface area contributed by atoms with Crippen molar-refractivity contribution in [2.75, 3.05) is 6.61 Å². The van der Waals surface area contributed by atoms with E-state index in [2.05, 4.69) is 5.32 Å². The molecule has 96 valence electrons. The Morgan fingerprint density at radius 3 is 2.65 bits per heavy atom. The largest absolute Gasteiger partial charge is 0.396 e. The first-order valence-corrected chi connectivity index (χ1v) is 5.57. The van der Waals surface area contributed by atoms with E-state index in [0.717, 1.165) is 4.57 Å². The third-order valence-corrected chi connectivity index (χ3v) is 2.72. The number of aryl methyl sites for hydroxylation is 1. The van der Waals surface area contributed by atoms with Gasteiger partial charge in [-0.1, -0.05) is 0 Å². The average Bonchev–Trinajstić information content (AvgIpc) is 2.30. The number of aromatic nitrogens is 2. The summed E-state index contributed by atoms with van der Waals surface area (Å²) in [7, 11) is 3.08. The van der Waals surface area contributed by atoms with Gasteiger partial charge in [-0.25, -0.2) is 4.79 Å². The fourth-order valence-corrected chi connectivity index (χ4v) is 1.58. The zero-order valence-electron chi connectivity index (χ0n) is 10.4. The molecule has 0 saturated heterocycles. The molecular formula is C11H19N3O3. The van der Waals surface area contributed by atoms with E-state index in [0.29, 0.717) is 18.5 Å². The molecule has 1 aromatic rings. The van der Waals surface area contributed by atoms with Crippen molar-refractivity contribution in [1.29, 1.82) is 0 Å². The highest BCUT2D eigenvalue weighted by molar-refractivity contribution is 5.05. The summed E-state index contributed by atoms with van der Waals surface area (Å²) in [5, 5.41) is 11.9. The highest BCUT2D eigenvalue weighted by atomic mass is 16.3. The van der Waals surface area contributed by atoms with E-state index in [-0.39, 0.29) is 23.9 Å². The van der Waals surface area contributed by atoms with Gasteiger partial charge in [-0.2, -0.15) is 0 Å². The Bertz CT molecular complexity index is 490. The third kappa shape index (κ3) is 3.28. The fraction of sp³-hybridized carbons (Fsp3) is 0.636. The molecule has 1 unspecified atom stereocenters. The number of rotatable bonds is 5. The van der Waals surface area contributed by atoms with Crippen molar-refractivity contribution in [3.63, 3.8) is 0 Å². The van der Waals surface area contributed by atoms with E-state index in [9.17, 15) is 9.59 Å². The quantitative estimate of drug-likeness (QED) is 0.689. The first kappa shape index (κ1) is 13.7. The molecule has 17 heavy (non-hydrogen) atoms. The molecule has 1 aromatic heterocycles. The van der Waals surface area contributed by atoms with Crippen LogP contribution in [0.3, 0.4) is 0 Å². The minimum absolute atomic E-state index is 0.111. The van der Waals surface area contributed by atoms with Crippen molar-refractivity contribution in [3.8, 4) is 0 Å². The molecule has 1 heterocycles. The molecule has 2 N–H and O–H groups in total. The lowest BCUT2D eigenvalue weighted by atomic mass is 10.2. The number of aliphatic hydroxyl groups is 1. The summed E-state index contributed by atoms with van der Waals surface area (Å²) >= 11 is 0. The van der Waals surface area contributed by atoms with E-state index in [1.165, 1.54) is 11.6 Å². The van der Waals surface area contributed by atoms with Crippen molar-refractivity contribution in [1.82, 2.24) is 14.5 Å². The summed E-state index contributed by atoms with van der Waals surface area (Å²) in [5.74, 6) is 0. The van der Waals surface area contributed by atoms with Crippen molar-refractivity contribution >= 4 is 0 Å². The van der Waals surface area contributed by atoms with Crippen LogP contribution in [0.25, 0.3) is 0 Å². The van der Waals surface area contributed by atoms with E-state index in [4.69, 9.17) is 5.11 Å². The van der Waals surface area contributed by atoms with Crippen LogP contribution in [0.1, 0.15) is 18.9 Å². The molecule has 0 aliphatic rings. The molecule has 0 spiro atoms. The van der Waals surface area contributed by atoms with Crippen molar-refractivity contribution in [2.45, 2.75) is 25.9 Å². The minimum Gasteiger partial charge on any atom is -0.396 e. The van der Waals surface area contributed by atoms with Crippen LogP contribution in [-0.2, 0) is 20.6 Å². The first-order valence-electron chi connectivity index (χ1n) is 5.57. The summed E-state index contributed by atoms with van der Waals surface area (Å²) in [6.45, 7) is 2.43. The Hall–Kier alpha value is -1.40. The van der Waals surface area contributed by atoms with Crippen LogP contribution in [0, 0.1) is 0 Å². The van der Waals surface area contributed by atoms with Gasteiger partial charge in [-0.3, -0.25) is 9.36 Å². The van der Waals surface area contributed by atoms with Crippen LogP contribution < -0.4 is 16.6 Å². The Labute approximate surface area is 99.5 Å². The number of aliphatic hydroxyl groups excluding tert-OH is 1. The zero-order valence-corrected chi connectivity index (χ0v) is 10.4. The first-order chi connectivity index (χ1) is 7.97. The summed E-state index contributed by atoms with van der Waals surface area (Å²) in [6.07, 6.45) is 2.18. The maximum atomic E-state index is 11.8.